The van der Waals surface area contributed by atoms with Gasteiger partial charge in [-0.3, -0.25) is 0 Å². The zero-order valence-electron chi connectivity index (χ0n) is 8.36. The first-order valence-corrected chi connectivity index (χ1v) is 4.60. The topological polar surface area (TPSA) is 73.1 Å². The molecular formula is C9H16N4O. The third kappa shape index (κ3) is 4.15. The number of nitrogens with zero attached hydrogens (tertiary/aromatic N) is 2. The summed E-state index contributed by atoms with van der Waals surface area (Å²) < 4.78 is 4.92. The standard InChI is InChI=1S/C9H16N4O/c1-14-6-2-4-11-7-9-12-5-3-8(10)13-9/h3,5,11H,2,4,6-7H2,1H3,(H2,10,12,13). The Morgan fingerprint density at radius 3 is 3.14 bits per heavy atom. The molecule has 1 aromatic heterocycles. The average molecular weight is 196 g/mol. The third-order valence-corrected chi connectivity index (χ3v) is 1.71. The van der Waals surface area contributed by atoms with Crippen molar-refractivity contribution < 1.29 is 4.74 Å². The molecule has 0 spiro atoms. The van der Waals surface area contributed by atoms with Crippen LogP contribution in [0.25, 0.3) is 0 Å². The van der Waals surface area contributed by atoms with Crippen LogP contribution < -0.4 is 11.1 Å². The molecule has 0 atom stereocenters. The van der Waals surface area contributed by atoms with Crippen LogP contribution in [0.4, 0.5) is 5.82 Å². The second kappa shape index (κ2) is 6.28. The first kappa shape index (κ1) is 10.9. The van der Waals surface area contributed by atoms with Crippen molar-refractivity contribution >= 4 is 5.82 Å². The molecule has 5 heteroatoms. The normalized spacial score (nSPS) is 10.4. The second-order valence-corrected chi connectivity index (χ2v) is 2.92. The van der Waals surface area contributed by atoms with Gasteiger partial charge in [0.05, 0.1) is 6.54 Å². The van der Waals surface area contributed by atoms with Gasteiger partial charge in [0, 0.05) is 19.9 Å². The number of nitrogen functional groups attached to an aromatic ring is 1. The van der Waals surface area contributed by atoms with Gasteiger partial charge in [0.25, 0.3) is 0 Å². The summed E-state index contributed by atoms with van der Waals surface area (Å²) in [5, 5.41) is 3.20. The predicted octanol–water partition coefficient (Wildman–Crippen LogP) is 0.185. The molecule has 0 aromatic carbocycles. The van der Waals surface area contributed by atoms with E-state index in [1.807, 2.05) is 0 Å². The predicted molar refractivity (Wildman–Crippen MR) is 54.6 cm³/mol. The van der Waals surface area contributed by atoms with Crippen LogP contribution in [-0.2, 0) is 11.3 Å². The van der Waals surface area contributed by atoms with Gasteiger partial charge in [0.2, 0.25) is 0 Å². The van der Waals surface area contributed by atoms with Crippen molar-refractivity contribution in [2.45, 2.75) is 13.0 Å². The fraction of sp³-hybridized carbons (Fsp3) is 0.556. The van der Waals surface area contributed by atoms with Gasteiger partial charge in [-0.05, 0) is 19.0 Å². The number of ether oxygens (including phenoxy) is 1. The molecule has 0 aliphatic carbocycles. The molecule has 0 unspecified atom stereocenters. The van der Waals surface area contributed by atoms with E-state index in [0.29, 0.717) is 12.4 Å². The summed E-state index contributed by atoms with van der Waals surface area (Å²) >= 11 is 0. The molecule has 0 radical (unpaired) electrons. The number of aromatic nitrogens is 2. The maximum Gasteiger partial charge on any atom is 0.144 e. The summed E-state index contributed by atoms with van der Waals surface area (Å²) in [5.74, 6) is 1.23. The lowest BCUT2D eigenvalue weighted by molar-refractivity contribution is 0.194. The van der Waals surface area contributed by atoms with Crippen molar-refractivity contribution in [3.8, 4) is 0 Å². The highest BCUT2D eigenvalue weighted by Crippen LogP contribution is 1.95. The van der Waals surface area contributed by atoms with Gasteiger partial charge in [-0.2, -0.15) is 0 Å². The zero-order valence-corrected chi connectivity index (χ0v) is 8.36. The Balaban J connectivity index is 2.18. The summed E-state index contributed by atoms with van der Waals surface area (Å²) in [6.07, 6.45) is 2.65. The van der Waals surface area contributed by atoms with E-state index in [-0.39, 0.29) is 0 Å². The van der Waals surface area contributed by atoms with E-state index in [1.54, 1.807) is 19.4 Å². The van der Waals surface area contributed by atoms with E-state index >= 15 is 0 Å². The Bertz CT molecular complexity index is 267. The fourth-order valence-corrected chi connectivity index (χ4v) is 1.04. The highest BCUT2D eigenvalue weighted by atomic mass is 16.5. The first-order chi connectivity index (χ1) is 6.83. The zero-order chi connectivity index (χ0) is 10.2. The summed E-state index contributed by atoms with van der Waals surface area (Å²) in [5.41, 5.74) is 5.51. The molecule has 3 N–H and O–H groups in total. The monoisotopic (exact) mass is 196 g/mol. The quantitative estimate of drug-likeness (QED) is 0.635. The number of anilines is 1. The van der Waals surface area contributed by atoms with Crippen LogP contribution >= 0.6 is 0 Å². The molecular weight excluding hydrogens is 180 g/mol. The minimum absolute atomic E-state index is 0.508. The molecule has 0 saturated heterocycles. The molecule has 0 saturated carbocycles. The molecule has 0 fully saturated rings. The number of hydrogen-bond acceptors (Lipinski definition) is 5. The van der Waals surface area contributed by atoms with Gasteiger partial charge in [0.1, 0.15) is 11.6 Å². The number of methoxy groups -OCH3 is 1. The lowest BCUT2D eigenvalue weighted by Gasteiger charge is -2.03. The Morgan fingerprint density at radius 1 is 1.57 bits per heavy atom. The van der Waals surface area contributed by atoms with Crippen LogP contribution in [0.3, 0.4) is 0 Å². The van der Waals surface area contributed by atoms with Crippen molar-refractivity contribution in [3.63, 3.8) is 0 Å². The SMILES string of the molecule is COCCCNCc1nccc(N)n1. The van der Waals surface area contributed by atoms with Gasteiger partial charge < -0.3 is 15.8 Å². The molecule has 0 aliphatic rings. The van der Waals surface area contributed by atoms with Gasteiger partial charge in [-0.15, -0.1) is 0 Å². The lowest BCUT2D eigenvalue weighted by Crippen LogP contribution is -2.18. The Morgan fingerprint density at radius 2 is 2.43 bits per heavy atom. The highest BCUT2D eigenvalue weighted by Gasteiger charge is 1.95. The first-order valence-electron chi connectivity index (χ1n) is 4.60. The van der Waals surface area contributed by atoms with Crippen molar-refractivity contribution in [3.05, 3.63) is 18.1 Å². The number of nitrogens with one attached hydrogen (secondary N) is 1. The van der Waals surface area contributed by atoms with Crippen LogP contribution in [0.2, 0.25) is 0 Å². The van der Waals surface area contributed by atoms with Crippen molar-refractivity contribution in [2.75, 3.05) is 26.0 Å². The average Bonchev–Trinajstić information content (AvgIpc) is 2.18. The molecule has 5 nitrogen and oxygen atoms in total. The van der Waals surface area contributed by atoms with E-state index in [0.717, 1.165) is 25.4 Å². The van der Waals surface area contributed by atoms with Gasteiger partial charge in [0.15, 0.2) is 0 Å². The van der Waals surface area contributed by atoms with Crippen molar-refractivity contribution in [2.24, 2.45) is 0 Å². The second-order valence-electron chi connectivity index (χ2n) is 2.92. The summed E-state index contributed by atoms with van der Waals surface area (Å²) in [4.78, 5) is 8.14. The van der Waals surface area contributed by atoms with Crippen LogP contribution in [-0.4, -0.2) is 30.2 Å². The molecule has 0 aliphatic heterocycles. The third-order valence-electron chi connectivity index (χ3n) is 1.71. The van der Waals surface area contributed by atoms with Crippen LogP contribution in [0.5, 0.6) is 0 Å². The summed E-state index contributed by atoms with van der Waals surface area (Å²) in [6.45, 7) is 2.31. The maximum atomic E-state index is 5.51. The Labute approximate surface area is 83.7 Å². The number of hydrogen-bond donors (Lipinski definition) is 2. The summed E-state index contributed by atoms with van der Waals surface area (Å²) in [7, 11) is 1.70. The minimum atomic E-state index is 0.508. The maximum absolute atomic E-state index is 5.51. The summed E-state index contributed by atoms with van der Waals surface area (Å²) in [6, 6.07) is 1.68. The molecule has 78 valence electrons. The van der Waals surface area contributed by atoms with Crippen LogP contribution in [0.1, 0.15) is 12.2 Å². The smallest absolute Gasteiger partial charge is 0.144 e. The molecule has 14 heavy (non-hydrogen) atoms. The van der Waals surface area contributed by atoms with E-state index in [4.69, 9.17) is 10.5 Å². The Hall–Kier alpha value is -1.20. The fourth-order valence-electron chi connectivity index (χ4n) is 1.04. The molecule has 1 heterocycles. The van der Waals surface area contributed by atoms with Crippen LogP contribution in [0.15, 0.2) is 12.3 Å². The molecule has 0 bridgehead atoms. The van der Waals surface area contributed by atoms with Crippen molar-refractivity contribution in [1.82, 2.24) is 15.3 Å². The Kier molecular flexibility index (Phi) is 4.88. The van der Waals surface area contributed by atoms with Crippen LogP contribution in [0, 0.1) is 0 Å². The van der Waals surface area contributed by atoms with E-state index in [9.17, 15) is 0 Å². The number of nitrogens with two attached hydrogens (primary N) is 1. The molecule has 1 rings (SSSR count). The van der Waals surface area contributed by atoms with Gasteiger partial charge >= 0.3 is 0 Å². The van der Waals surface area contributed by atoms with Crippen molar-refractivity contribution in [1.29, 1.82) is 0 Å². The lowest BCUT2D eigenvalue weighted by atomic mass is 10.4. The molecule has 1 aromatic rings. The number of rotatable bonds is 6. The van der Waals surface area contributed by atoms with Gasteiger partial charge in [-0.1, -0.05) is 0 Å². The van der Waals surface area contributed by atoms with E-state index in [2.05, 4.69) is 15.3 Å². The van der Waals surface area contributed by atoms with E-state index < -0.39 is 0 Å². The largest absolute Gasteiger partial charge is 0.385 e. The minimum Gasteiger partial charge on any atom is -0.385 e. The van der Waals surface area contributed by atoms with E-state index in [1.165, 1.54) is 0 Å². The highest BCUT2D eigenvalue weighted by molar-refractivity contribution is 5.24. The molecule has 0 amide bonds. The van der Waals surface area contributed by atoms with Gasteiger partial charge in [-0.25, -0.2) is 9.97 Å².